The summed E-state index contributed by atoms with van der Waals surface area (Å²) in [5.41, 5.74) is 3.28. The first kappa shape index (κ1) is 15.9. The zero-order valence-corrected chi connectivity index (χ0v) is 12.6. The third-order valence-corrected chi connectivity index (χ3v) is 3.98. The van der Waals surface area contributed by atoms with Gasteiger partial charge in [0.05, 0.1) is 12.5 Å². The maximum absolute atomic E-state index is 12.1. The van der Waals surface area contributed by atoms with Gasteiger partial charge in [-0.25, -0.2) is 5.84 Å². The highest BCUT2D eigenvalue weighted by Gasteiger charge is 2.23. The number of ether oxygens (including phenoxy) is 1. The molecular weight excluding hydrogens is 266 g/mol. The van der Waals surface area contributed by atoms with Gasteiger partial charge in [0.1, 0.15) is 0 Å². The molecule has 5 nitrogen and oxygen atoms in total. The van der Waals surface area contributed by atoms with Crippen molar-refractivity contribution in [3.63, 3.8) is 0 Å². The summed E-state index contributed by atoms with van der Waals surface area (Å²) in [7, 11) is 2.05. The van der Waals surface area contributed by atoms with Gasteiger partial charge in [0.2, 0.25) is 5.91 Å². The second kappa shape index (κ2) is 8.12. The second-order valence-electron chi connectivity index (χ2n) is 5.78. The van der Waals surface area contributed by atoms with Crippen LogP contribution in [0.3, 0.4) is 0 Å². The number of hydrogen-bond donors (Lipinski definition) is 2. The largest absolute Gasteiger partial charge is 0.381 e. The van der Waals surface area contributed by atoms with E-state index in [9.17, 15) is 4.79 Å². The van der Waals surface area contributed by atoms with Gasteiger partial charge >= 0.3 is 0 Å². The summed E-state index contributed by atoms with van der Waals surface area (Å²) in [5.74, 6) is 5.50. The summed E-state index contributed by atoms with van der Waals surface area (Å²) in [5, 5.41) is 0. The Morgan fingerprint density at radius 1 is 1.48 bits per heavy atom. The molecule has 0 saturated carbocycles. The fraction of sp³-hybridized carbons (Fsp3) is 0.562. The average Bonchev–Trinajstić information content (AvgIpc) is 2.53. The summed E-state index contributed by atoms with van der Waals surface area (Å²) < 4.78 is 5.52. The van der Waals surface area contributed by atoms with Gasteiger partial charge in [-0.3, -0.25) is 10.2 Å². The Bertz CT molecular complexity index is 432. The van der Waals surface area contributed by atoms with Crippen LogP contribution < -0.4 is 11.3 Å². The normalized spacial score (nSPS) is 20.2. The van der Waals surface area contributed by atoms with Crippen molar-refractivity contribution in [1.82, 2.24) is 10.3 Å². The lowest BCUT2D eigenvalue weighted by Gasteiger charge is -2.29. The SMILES string of the molecule is CN(CC1CCCOC1)CC(C(=O)NN)c1ccccc1. The first-order chi connectivity index (χ1) is 10.2. The van der Waals surface area contributed by atoms with Crippen LogP contribution in [-0.2, 0) is 9.53 Å². The Labute approximate surface area is 126 Å². The summed E-state index contributed by atoms with van der Waals surface area (Å²) in [6, 6.07) is 9.78. The molecule has 1 aromatic rings. The monoisotopic (exact) mass is 291 g/mol. The molecule has 5 heteroatoms. The van der Waals surface area contributed by atoms with Crippen molar-refractivity contribution in [2.24, 2.45) is 11.8 Å². The lowest BCUT2D eigenvalue weighted by molar-refractivity contribution is -0.123. The number of nitrogens with zero attached hydrogens (tertiary/aromatic N) is 1. The molecule has 0 aromatic heterocycles. The summed E-state index contributed by atoms with van der Waals surface area (Å²) in [6.07, 6.45) is 2.33. The van der Waals surface area contributed by atoms with E-state index in [1.807, 2.05) is 37.4 Å². The fourth-order valence-corrected chi connectivity index (χ4v) is 2.90. The number of hydrogen-bond acceptors (Lipinski definition) is 4. The van der Waals surface area contributed by atoms with E-state index in [1.54, 1.807) is 0 Å². The number of likely N-dealkylation sites (N-methyl/N-ethyl adjacent to an activating group) is 1. The molecule has 1 fully saturated rings. The van der Waals surface area contributed by atoms with Crippen molar-refractivity contribution in [3.8, 4) is 0 Å². The van der Waals surface area contributed by atoms with Gasteiger partial charge in [-0.2, -0.15) is 0 Å². The molecule has 1 aromatic carbocycles. The van der Waals surface area contributed by atoms with Crippen LogP contribution in [0.15, 0.2) is 30.3 Å². The van der Waals surface area contributed by atoms with E-state index in [0.29, 0.717) is 12.5 Å². The van der Waals surface area contributed by atoms with E-state index in [-0.39, 0.29) is 11.8 Å². The standard InChI is InChI=1S/C16H25N3O2/c1-19(10-13-6-5-9-21-12-13)11-15(16(20)18-17)14-7-3-2-4-8-14/h2-4,7-8,13,15H,5-6,9-12,17H2,1H3,(H,18,20). The van der Waals surface area contributed by atoms with Crippen LogP contribution >= 0.6 is 0 Å². The van der Waals surface area contributed by atoms with Crippen molar-refractivity contribution >= 4 is 5.91 Å². The van der Waals surface area contributed by atoms with E-state index in [1.165, 1.54) is 6.42 Å². The van der Waals surface area contributed by atoms with Gasteiger partial charge in [0.15, 0.2) is 0 Å². The van der Waals surface area contributed by atoms with E-state index in [2.05, 4.69) is 10.3 Å². The van der Waals surface area contributed by atoms with Crippen LogP contribution in [0.5, 0.6) is 0 Å². The number of hydrazine groups is 1. The van der Waals surface area contributed by atoms with Gasteiger partial charge < -0.3 is 9.64 Å². The topological polar surface area (TPSA) is 67.6 Å². The van der Waals surface area contributed by atoms with E-state index < -0.39 is 0 Å². The zero-order valence-electron chi connectivity index (χ0n) is 12.6. The highest BCUT2D eigenvalue weighted by Crippen LogP contribution is 2.19. The molecule has 21 heavy (non-hydrogen) atoms. The summed E-state index contributed by atoms with van der Waals surface area (Å²) >= 11 is 0. The Morgan fingerprint density at radius 3 is 2.86 bits per heavy atom. The van der Waals surface area contributed by atoms with Crippen LogP contribution in [0.4, 0.5) is 0 Å². The van der Waals surface area contributed by atoms with Gasteiger partial charge in [-0.05, 0) is 31.4 Å². The smallest absolute Gasteiger partial charge is 0.242 e. The molecule has 2 unspecified atom stereocenters. The molecule has 0 aliphatic carbocycles. The molecule has 1 amide bonds. The van der Waals surface area contributed by atoms with Gasteiger partial charge in [-0.15, -0.1) is 0 Å². The average molecular weight is 291 g/mol. The predicted molar refractivity (Wildman–Crippen MR) is 82.6 cm³/mol. The molecule has 1 saturated heterocycles. The van der Waals surface area contributed by atoms with Crippen molar-refractivity contribution in [2.45, 2.75) is 18.8 Å². The van der Waals surface area contributed by atoms with Gasteiger partial charge in [0, 0.05) is 19.7 Å². The Kier molecular flexibility index (Phi) is 6.17. The molecule has 0 radical (unpaired) electrons. The van der Waals surface area contributed by atoms with Crippen LogP contribution in [0.2, 0.25) is 0 Å². The molecule has 2 rings (SSSR count). The number of nitrogens with two attached hydrogens (primary N) is 1. The highest BCUT2D eigenvalue weighted by atomic mass is 16.5. The third-order valence-electron chi connectivity index (χ3n) is 3.98. The summed E-state index contributed by atoms with van der Waals surface area (Å²) in [4.78, 5) is 14.3. The molecule has 116 valence electrons. The molecule has 0 bridgehead atoms. The molecule has 1 heterocycles. The highest BCUT2D eigenvalue weighted by molar-refractivity contribution is 5.83. The molecular formula is C16H25N3O2. The minimum atomic E-state index is -0.245. The van der Waals surface area contributed by atoms with Crippen molar-refractivity contribution in [3.05, 3.63) is 35.9 Å². The molecule has 1 aliphatic heterocycles. The lowest BCUT2D eigenvalue weighted by atomic mass is 9.96. The number of carbonyl (C=O) groups excluding carboxylic acids is 1. The molecule has 1 aliphatic rings. The maximum Gasteiger partial charge on any atom is 0.242 e. The fourth-order valence-electron chi connectivity index (χ4n) is 2.90. The van der Waals surface area contributed by atoms with Crippen LogP contribution in [0.25, 0.3) is 0 Å². The first-order valence-corrected chi connectivity index (χ1v) is 7.52. The van der Waals surface area contributed by atoms with Gasteiger partial charge in [-0.1, -0.05) is 30.3 Å². The minimum absolute atomic E-state index is 0.145. The number of rotatable bonds is 6. The van der Waals surface area contributed by atoms with Crippen molar-refractivity contribution in [1.29, 1.82) is 0 Å². The Balaban J connectivity index is 1.96. The number of amides is 1. The number of benzene rings is 1. The van der Waals surface area contributed by atoms with E-state index in [4.69, 9.17) is 10.6 Å². The van der Waals surface area contributed by atoms with E-state index in [0.717, 1.165) is 31.7 Å². The minimum Gasteiger partial charge on any atom is -0.381 e. The first-order valence-electron chi connectivity index (χ1n) is 7.52. The lowest BCUT2D eigenvalue weighted by Crippen LogP contribution is -2.41. The van der Waals surface area contributed by atoms with Crippen molar-refractivity contribution in [2.75, 3.05) is 33.4 Å². The number of nitrogens with one attached hydrogen (secondary N) is 1. The van der Waals surface area contributed by atoms with Crippen molar-refractivity contribution < 1.29 is 9.53 Å². The van der Waals surface area contributed by atoms with E-state index >= 15 is 0 Å². The zero-order chi connectivity index (χ0) is 15.1. The second-order valence-corrected chi connectivity index (χ2v) is 5.78. The molecule has 2 atom stereocenters. The van der Waals surface area contributed by atoms with Crippen LogP contribution in [0.1, 0.15) is 24.3 Å². The molecule has 0 spiro atoms. The Morgan fingerprint density at radius 2 is 2.24 bits per heavy atom. The number of carbonyl (C=O) groups is 1. The predicted octanol–water partition coefficient (Wildman–Crippen LogP) is 1.12. The Hall–Kier alpha value is -1.43. The quantitative estimate of drug-likeness (QED) is 0.468. The van der Waals surface area contributed by atoms with Gasteiger partial charge in [0.25, 0.3) is 0 Å². The maximum atomic E-state index is 12.1. The van der Waals surface area contributed by atoms with Crippen LogP contribution in [0, 0.1) is 5.92 Å². The summed E-state index contributed by atoms with van der Waals surface area (Å²) in [6.45, 7) is 3.30. The third kappa shape index (κ3) is 4.81. The van der Waals surface area contributed by atoms with Crippen LogP contribution in [-0.4, -0.2) is 44.2 Å². The molecule has 3 N–H and O–H groups in total.